The normalized spacial score (nSPS) is 12.9. The molecule has 0 N–H and O–H groups in total. The molecule has 2 rings (SSSR count). The molecule has 164 valence electrons. The molecule has 30 heavy (non-hydrogen) atoms. The number of carbonyl (C=O) groups excluding carboxylic acids is 1. The molecule has 1 amide bonds. The number of halogens is 3. The molecule has 0 aliphatic rings. The van der Waals surface area contributed by atoms with Crippen molar-refractivity contribution < 1.29 is 31.1 Å². The van der Waals surface area contributed by atoms with Crippen LogP contribution in [0.1, 0.15) is 18.1 Å². The summed E-state index contributed by atoms with van der Waals surface area (Å²) in [6.07, 6.45) is -3.79. The van der Waals surface area contributed by atoms with Gasteiger partial charge in [0.05, 0.1) is 24.6 Å². The van der Waals surface area contributed by atoms with Crippen LogP contribution in [0.2, 0.25) is 0 Å². The molecule has 0 fully saturated rings. The Morgan fingerprint density at radius 1 is 1.13 bits per heavy atom. The highest BCUT2D eigenvalue weighted by Gasteiger charge is 2.34. The van der Waals surface area contributed by atoms with Crippen LogP contribution in [-0.2, 0) is 27.5 Å². The van der Waals surface area contributed by atoms with Crippen molar-refractivity contribution in [3.05, 3.63) is 59.7 Å². The number of rotatable bonds is 7. The van der Waals surface area contributed by atoms with E-state index in [1.165, 1.54) is 32.0 Å². The van der Waals surface area contributed by atoms with Gasteiger partial charge in [-0.15, -0.1) is 0 Å². The van der Waals surface area contributed by atoms with Crippen molar-refractivity contribution in [2.75, 3.05) is 24.7 Å². The summed E-state index contributed by atoms with van der Waals surface area (Å²) in [5.74, 6) is 0.0857. The molecule has 0 unspecified atom stereocenters. The summed E-state index contributed by atoms with van der Waals surface area (Å²) in [5, 5.41) is 0. The SMILES string of the molecule is COc1ccc(CN(C)C(=O)[C@@H](C)N(c2cccc(C(F)(F)F)c2)S(C)(=O)=O)cc1. The van der Waals surface area contributed by atoms with E-state index in [0.29, 0.717) is 16.1 Å². The van der Waals surface area contributed by atoms with E-state index in [-0.39, 0.29) is 12.2 Å². The molecule has 0 saturated carbocycles. The molecule has 0 aliphatic carbocycles. The first-order chi connectivity index (χ1) is 13.8. The van der Waals surface area contributed by atoms with Crippen molar-refractivity contribution in [3.8, 4) is 5.75 Å². The Labute approximate surface area is 173 Å². The molecule has 10 heteroatoms. The predicted molar refractivity (Wildman–Crippen MR) is 108 cm³/mol. The molecule has 2 aromatic rings. The molecule has 2 aromatic carbocycles. The fourth-order valence-electron chi connectivity index (χ4n) is 3.02. The minimum absolute atomic E-state index is 0.188. The average molecular weight is 444 g/mol. The standard InChI is InChI=1S/C20H23F3N2O4S/c1-14(19(26)24(2)13-15-8-10-18(29-3)11-9-15)25(30(4,27)28)17-7-5-6-16(12-17)20(21,22)23/h5-12,14H,13H2,1-4H3/t14-/m1/s1. The van der Waals surface area contributed by atoms with Gasteiger partial charge in [0.1, 0.15) is 11.8 Å². The van der Waals surface area contributed by atoms with E-state index < -0.39 is 33.7 Å². The van der Waals surface area contributed by atoms with E-state index in [1.54, 1.807) is 24.3 Å². The van der Waals surface area contributed by atoms with Crippen LogP contribution in [0.4, 0.5) is 18.9 Å². The first-order valence-corrected chi connectivity index (χ1v) is 10.7. The van der Waals surface area contributed by atoms with E-state index >= 15 is 0 Å². The Kier molecular flexibility index (Phi) is 7.02. The van der Waals surface area contributed by atoms with Crippen molar-refractivity contribution >= 4 is 21.6 Å². The number of nitrogens with zero attached hydrogens (tertiary/aromatic N) is 2. The molecule has 1 atom stereocenters. The molecule has 0 spiro atoms. The highest BCUT2D eigenvalue weighted by molar-refractivity contribution is 7.92. The van der Waals surface area contributed by atoms with Crippen LogP contribution in [0.25, 0.3) is 0 Å². The van der Waals surface area contributed by atoms with Gasteiger partial charge in [0, 0.05) is 13.6 Å². The number of hydrogen-bond acceptors (Lipinski definition) is 4. The van der Waals surface area contributed by atoms with Crippen molar-refractivity contribution in [2.45, 2.75) is 25.7 Å². The number of likely N-dealkylation sites (N-methyl/N-ethyl adjacent to an activating group) is 1. The van der Waals surface area contributed by atoms with Crippen LogP contribution in [0.3, 0.4) is 0 Å². The summed E-state index contributed by atoms with van der Waals surface area (Å²) < 4.78 is 69.7. The summed E-state index contributed by atoms with van der Waals surface area (Å²) in [6.45, 7) is 1.53. The minimum Gasteiger partial charge on any atom is -0.497 e. The average Bonchev–Trinajstić information content (AvgIpc) is 2.66. The van der Waals surface area contributed by atoms with Gasteiger partial charge in [-0.3, -0.25) is 9.10 Å². The monoisotopic (exact) mass is 444 g/mol. The molecule has 0 aromatic heterocycles. The number of sulfonamides is 1. The van der Waals surface area contributed by atoms with Gasteiger partial charge in [-0.2, -0.15) is 13.2 Å². The lowest BCUT2D eigenvalue weighted by atomic mass is 10.1. The van der Waals surface area contributed by atoms with Crippen LogP contribution >= 0.6 is 0 Å². The number of alkyl halides is 3. The van der Waals surface area contributed by atoms with Crippen LogP contribution in [0.5, 0.6) is 5.75 Å². The molecule has 0 heterocycles. The van der Waals surface area contributed by atoms with Gasteiger partial charge in [-0.25, -0.2) is 8.42 Å². The number of methoxy groups -OCH3 is 1. The van der Waals surface area contributed by atoms with Gasteiger partial charge in [-0.1, -0.05) is 18.2 Å². The van der Waals surface area contributed by atoms with Crippen molar-refractivity contribution in [1.82, 2.24) is 4.90 Å². The number of hydrogen-bond donors (Lipinski definition) is 0. The Balaban J connectivity index is 2.30. The maximum Gasteiger partial charge on any atom is 0.416 e. The maximum atomic E-state index is 13.1. The molecular formula is C20H23F3N2O4S. The molecule has 0 saturated heterocycles. The highest BCUT2D eigenvalue weighted by Crippen LogP contribution is 2.33. The number of ether oxygens (including phenoxy) is 1. The van der Waals surface area contributed by atoms with Gasteiger partial charge >= 0.3 is 6.18 Å². The summed E-state index contributed by atoms with van der Waals surface area (Å²) >= 11 is 0. The summed E-state index contributed by atoms with van der Waals surface area (Å²) in [4.78, 5) is 14.2. The van der Waals surface area contributed by atoms with Gasteiger partial charge in [0.2, 0.25) is 15.9 Å². The third-order valence-electron chi connectivity index (χ3n) is 4.45. The van der Waals surface area contributed by atoms with Gasteiger partial charge in [0.15, 0.2) is 0 Å². The third-order valence-corrected chi connectivity index (χ3v) is 5.69. The quantitative estimate of drug-likeness (QED) is 0.655. The first-order valence-electron chi connectivity index (χ1n) is 8.89. The van der Waals surface area contributed by atoms with Crippen molar-refractivity contribution in [1.29, 1.82) is 0 Å². The summed E-state index contributed by atoms with van der Waals surface area (Å²) in [7, 11) is -1.01. The number of amides is 1. The molecular weight excluding hydrogens is 421 g/mol. The van der Waals surface area contributed by atoms with Gasteiger partial charge < -0.3 is 9.64 Å². The zero-order valence-corrected chi connectivity index (χ0v) is 17.8. The lowest BCUT2D eigenvalue weighted by Gasteiger charge is -2.31. The smallest absolute Gasteiger partial charge is 0.416 e. The van der Waals surface area contributed by atoms with E-state index in [1.807, 2.05) is 0 Å². The maximum absolute atomic E-state index is 13.1. The Morgan fingerprint density at radius 3 is 2.23 bits per heavy atom. The van der Waals surface area contributed by atoms with E-state index in [9.17, 15) is 26.4 Å². The second-order valence-electron chi connectivity index (χ2n) is 6.83. The summed E-state index contributed by atoms with van der Waals surface area (Å²) in [5.41, 5.74) is -0.449. The zero-order valence-electron chi connectivity index (χ0n) is 17.0. The Bertz CT molecular complexity index is 992. The van der Waals surface area contributed by atoms with Crippen molar-refractivity contribution in [2.24, 2.45) is 0 Å². The van der Waals surface area contributed by atoms with Gasteiger partial charge in [-0.05, 0) is 42.8 Å². The third kappa shape index (κ3) is 5.65. The molecule has 0 radical (unpaired) electrons. The van der Waals surface area contributed by atoms with Crippen LogP contribution in [0, 0.1) is 0 Å². The van der Waals surface area contributed by atoms with E-state index in [2.05, 4.69) is 0 Å². The molecule has 0 aliphatic heterocycles. The Hall–Kier alpha value is -2.75. The number of carbonyl (C=O) groups is 1. The van der Waals surface area contributed by atoms with Crippen LogP contribution < -0.4 is 9.04 Å². The summed E-state index contributed by atoms with van der Waals surface area (Å²) in [6, 6.07) is 9.61. The fraction of sp³-hybridized carbons (Fsp3) is 0.350. The van der Waals surface area contributed by atoms with Crippen LogP contribution in [-0.4, -0.2) is 45.7 Å². The molecule has 0 bridgehead atoms. The minimum atomic E-state index is -4.64. The predicted octanol–water partition coefficient (Wildman–Crippen LogP) is 3.53. The largest absolute Gasteiger partial charge is 0.497 e. The number of anilines is 1. The fourth-order valence-corrected chi connectivity index (χ4v) is 4.18. The van der Waals surface area contributed by atoms with Crippen LogP contribution in [0.15, 0.2) is 48.5 Å². The Morgan fingerprint density at radius 2 is 1.73 bits per heavy atom. The highest BCUT2D eigenvalue weighted by atomic mass is 32.2. The topological polar surface area (TPSA) is 66.9 Å². The molecule has 6 nitrogen and oxygen atoms in total. The van der Waals surface area contributed by atoms with E-state index in [4.69, 9.17) is 4.74 Å². The lowest BCUT2D eigenvalue weighted by Crippen LogP contribution is -2.48. The zero-order chi connectivity index (χ0) is 22.7. The number of benzene rings is 2. The second-order valence-corrected chi connectivity index (χ2v) is 8.68. The second kappa shape index (κ2) is 8.95. The van der Waals surface area contributed by atoms with E-state index in [0.717, 1.165) is 24.0 Å². The first kappa shape index (κ1) is 23.5. The van der Waals surface area contributed by atoms with Gasteiger partial charge in [0.25, 0.3) is 0 Å². The van der Waals surface area contributed by atoms with Crippen molar-refractivity contribution in [3.63, 3.8) is 0 Å². The lowest BCUT2D eigenvalue weighted by molar-refractivity contribution is -0.137.